The number of pyridine rings is 1. The molecule has 3 aromatic rings. The van der Waals surface area contributed by atoms with Gasteiger partial charge in [-0.2, -0.15) is 5.26 Å². The van der Waals surface area contributed by atoms with Crippen molar-refractivity contribution in [3.63, 3.8) is 0 Å². The lowest BCUT2D eigenvalue weighted by atomic mass is 9.96. The van der Waals surface area contributed by atoms with Crippen LogP contribution in [0.3, 0.4) is 0 Å². The Hall–Kier alpha value is -4.49. The SMILES string of the molecule is CC(=O)OCC1OC(Sc2ccc(C#N)nc2)C(OC(C)=O)C(n2cc(-c3cc(F)c(F)c(F)c3)nn2)C1OC(C)=O. The fraction of sp³-hybridized carbons (Fsp3) is 0.346. The van der Waals surface area contributed by atoms with Gasteiger partial charge in [0.2, 0.25) is 0 Å². The number of halogens is 3. The second-order valence-corrected chi connectivity index (χ2v) is 10.1. The first-order valence-electron chi connectivity index (χ1n) is 12.2. The molecule has 2 aromatic heterocycles. The quantitative estimate of drug-likeness (QED) is 0.210. The molecule has 12 nitrogen and oxygen atoms in total. The van der Waals surface area contributed by atoms with E-state index in [2.05, 4.69) is 15.3 Å². The Bertz CT molecular complexity index is 1510. The van der Waals surface area contributed by atoms with E-state index in [0.717, 1.165) is 42.4 Å². The van der Waals surface area contributed by atoms with Crippen molar-refractivity contribution in [3.8, 4) is 17.3 Å². The van der Waals surface area contributed by atoms with Crippen molar-refractivity contribution < 1.29 is 46.5 Å². The summed E-state index contributed by atoms with van der Waals surface area (Å²) in [6, 6.07) is 5.23. The van der Waals surface area contributed by atoms with Gasteiger partial charge in [0.15, 0.2) is 29.7 Å². The van der Waals surface area contributed by atoms with Crippen LogP contribution < -0.4 is 0 Å². The van der Waals surface area contributed by atoms with Gasteiger partial charge in [-0.25, -0.2) is 22.8 Å². The number of carbonyl (C=O) groups is 3. The summed E-state index contributed by atoms with van der Waals surface area (Å²) in [6.45, 7) is 3.06. The van der Waals surface area contributed by atoms with E-state index in [9.17, 15) is 27.6 Å². The van der Waals surface area contributed by atoms with Gasteiger partial charge in [0, 0.05) is 37.4 Å². The minimum Gasteiger partial charge on any atom is -0.463 e. The highest BCUT2D eigenvalue weighted by Crippen LogP contribution is 2.41. The van der Waals surface area contributed by atoms with E-state index in [-0.39, 0.29) is 23.6 Å². The third kappa shape index (κ3) is 7.04. The van der Waals surface area contributed by atoms with Crippen LogP contribution in [0.2, 0.25) is 0 Å². The fourth-order valence-electron chi connectivity index (χ4n) is 4.19. The van der Waals surface area contributed by atoms with Gasteiger partial charge in [-0.15, -0.1) is 5.10 Å². The molecule has 1 aliphatic rings. The number of nitrogens with zero attached hydrogens (tertiary/aromatic N) is 5. The maximum atomic E-state index is 13.9. The Morgan fingerprint density at radius 2 is 1.71 bits per heavy atom. The van der Waals surface area contributed by atoms with Crippen LogP contribution in [0.15, 0.2) is 41.6 Å². The molecule has 1 aromatic carbocycles. The van der Waals surface area contributed by atoms with Crippen LogP contribution in [-0.2, 0) is 33.3 Å². The predicted molar refractivity (Wildman–Crippen MR) is 136 cm³/mol. The van der Waals surface area contributed by atoms with E-state index >= 15 is 0 Å². The summed E-state index contributed by atoms with van der Waals surface area (Å²) in [5.74, 6) is -6.70. The van der Waals surface area contributed by atoms with Gasteiger partial charge in [-0.3, -0.25) is 14.4 Å². The van der Waals surface area contributed by atoms with Gasteiger partial charge in [-0.05, 0) is 24.3 Å². The first kappa shape index (κ1) is 30.5. The number of hydrogen-bond acceptors (Lipinski definition) is 12. The summed E-state index contributed by atoms with van der Waals surface area (Å²) in [5, 5.41) is 17.0. The van der Waals surface area contributed by atoms with E-state index in [4.69, 9.17) is 24.2 Å². The minimum absolute atomic E-state index is 0.0838. The Morgan fingerprint density at radius 3 is 2.29 bits per heavy atom. The topological polar surface area (TPSA) is 156 Å². The Balaban J connectivity index is 1.81. The molecule has 5 unspecified atom stereocenters. The Morgan fingerprint density at radius 1 is 1.05 bits per heavy atom. The number of benzene rings is 1. The lowest BCUT2D eigenvalue weighted by Gasteiger charge is -2.44. The van der Waals surface area contributed by atoms with Gasteiger partial charge in [-0.1, -0.05) is 17.0 Å². The number of ether oxygens (including phenoxy) is 4. The smallest absolute Gasteiger partial charge is 0.303 e. The van der Waals surface area contributed by atoms with Crippen molar-refractivity contribution in [2.45, 2.75) is 55.5 Å². The van der Waals surface area contributed by atoms with E-state index in [1.54, 1.807) is 6.07 Å². The van der Waals surface area contributed by atoms with Crippen molar-refractivity contribution >= 4 is 29.7 Å². The summed E-state index contributed by atoms with van der Waals surface area (Å²) in [6.07, 6.45) is -0.998. The number of nitriles is 1. The zero-order valence-corrected chi connectivity index (χ0v) is 23.0. The monoisotopic (exact) mass is 605 g/mol. The van der Waals surface area contributed by atoms with Crippen LogP contribution >= 0.6 is 11.8 Å². The van der Waals surface area contributed by atoms with Crippen molar-refractivity contribution in [2.24, 2.45) is 0 Å². The largest absolute Gasteiger partial charge is 0.463 e. The highest BCUT2D eigenvalue weighted by atomic mass is 32.2. The predicted octanol–water partition coefficient (Wildman–Crippen LogP) is 3.11. The first-order valence-corrected chi connectivity index (χ1v) is 13.1. The number of aromatic nitrogens is 4. The van der Waals surface area contributed by atoms with Gasteiger partial charge in [0.05, 0.1) is 6.20 Å². The summed E-state index contributed by atoms with van der Waals surface area (Å²) in [4.78, 5) is 40.6. The molecule has 0 radical (unpaired) electrons. The third-order valence-corrected chi connectivity index (χ3v) is 7.00. The lowest BCUT2D eigenvalue weighted by molar-refractivity contribution is -0.212. The molecule has 1 saturated heterocycles. The standard InChI is InChI=1S/C26H22F3N5O7S/c1-12(35)38-11-21-24(39-13(2)36)23(34-10-20(32-33-34)15-6-18(27)22(29)19(28)7-15)25(40-14(3)37)26(41-21)42-17-5-4-16(8-30)31-9-17/h4-7,9-10,21,23-26H,11H2,1-3H3. The average molecular weight is 606 g/mol. The van der Waals surface area contributed by atoms with Crippen molar-refractivity contribution in [1.82, 2.24) is 20.0 Å². The maximum Gasteiger partial charge on any atom is 0.303 e. The molecule has 0 saturated carbocycles. The first-order chi connectivity index (χ1) is 20.0. The van der Waals surface area contributed by atoms with Crippen LogP contribution in [0, 0.1) is 28.8 Å². The Kier molecular flexibility index (Phi) is 9.43. The lowest BCUT2D eigenvalue weighted by Crippen LogP contribution is -2.57. The van der Waals surface area contributed by atoms with E-state index < -0.39 is 65.1 Å². The molecule has 220 valence electrons. The molecule has 0 aliphatic carbocycles. The van der Waals surface area contributed by atoms with E-state index in [1.807, 2.05) is 6.07 Å². The molecule has 5 atom stereocenters. The molecule has 16 heteroatoms. The van der Waals surface area contributed by atoms with Crippen LogP contribution in [0.25, 0.3) is 11.3 Å². The molecule has 0 N–H and O–H groups in total. The number of carbonyl (C=O) groups excluding carboxylic acids is 3. The highest BCUT2D eigenvalue weighted by Gasteiger charge is 2.52. The molecule has 1 aliphatic heterocycles. The van der Waals surface area contributed by atoms with Crippen molar-refractivity contribution in [2.75, 3.05) is 6.61 Å². The van der Waals surface area contributed by atoms with Gasteiger partial charge >= 0.3 is 17.9 Å². The fourth-order valence-corrected chi connectivity index (χ4v) is 5.26. The normalized spacial score (nSPS) is 21.7. The van der Waals surface area contributed by atoms with Crippen molar-refractivity contribution in [3.05, 3.63) is 59.8 Å². The molecular weight excluding hydrogens is 583 g/mol. The molecular formula is C26H22F3N5O7S. The zero-order valence-electron chi connectivity index (χ0n) is 22.2. The molecule has 4 rings (SSSR count). The van der Waals surface area contributed by atoms with Crippen LogP contribution in [0.4, 0.5) is 13.2 Å². The van der Waals surface area contributed by atoms with Gasteiger partial charge in [0.1, 0.15) is 41.6 Å². The minimum atomic E-state index is -1.66. The van der Waals surface area contributed by atoms with Crippen LogP contribution in [0.1, 0.15) is 32.5 Å². The molecule has 0 amide bonds. The highest BCUT2D eigenvalue weighted by molar-refractivity contribution is 7.99. The zero-order chi connectivity index (χ0) is 30.6. The average Bonchev–Trinajstić information content (AvgIpc) is 3.41. The molecule has 0 spiro atoms. The molecule has 3 heterocycles. The molecule has 1 fully saturated rings. The molecule has 0 bridgehead atoms. The summed E-state index contributed by atoms with van der Waals surface area (Å²) in [5.41, 5.74) is -1.12. The van der Waals surface area contributed by atoms with E-state index in [1.165, 1.54) is 25.4 Å². The van der Waals surface area contributed by atoms with Gasteiger partial charge in [0.25, 0.3) is 0 Å². The Labute approximate surface area is 240 Å². The van der Waals surface area contributed by atoms with Crippen LogP contribution in [-0.4, -0.2) is 68.2 Å². The van der Waals surface area contributed by atoms with E-state index in [0.29, 0.717) is 4.90 Å². The second kappa shape index (κ2) is 13.0. The summed E-state index contributed by atoms with van der Waals surface area (Å²) in [7, 11) is 0. The summed E-state index contributed by atoms with van der Waals surface area (Å²) < 4.78 is 65.1. The number of hydrogen-bond donors (Lipinski definition) is 0. The van der Waals surface area contributed by atoms with Gasteiger partial charge < -0.3 is 18.9 Å². The van der Waals surface area contributed by atoms with Crippen molar-refractivity contribution in [1.29, 1.82) is 5.26 Å². The maximum absolute atomic E-state index is 13.9. The summed E-state index contributed by atoms with van der Waals surface area (Å²) >= 11 is 1.05. The third-order valence-electron chi connectivity index (χ3n) is 5.87. The number of esters is 3. The number of rotatable bonds is 8. The number of thioether (sulfide) groups is 1. The molecule has 42 heavy (non-hydrogen) atoms. The second-order valence-electron chi connectivity index (χ2n) is 8.93. The van der Waals surface area contributed by atoms with Crippen LogP contribution in [0.5, 0.6) is 0 Å².